The zero-order valence-electron chi connectivity index (χ0n) is 22.5. The smallest absolute Gasteiger partial charge is 0.390 e. The number of aromatic nitrogens is 3. The molecule has 14 heteroatoms. The summed E-state index contributed by atoms with van der Waals surface area (Å²) >= 11 is 0. The summed E-state index contributed by atoms with van der Waals surface area (Å²) in [5.74, 6) is -1.46. The second kappa shape index (κ2) is 12.1. The van der Waals surface area contributed by atoms with E-state index < -0.39 is 39.9 Å². The van der Waals surface area contributed by atoms with Crippen molar-refractivity contribution in [3.8, 4) is 22.9 Å². The fourth-order valence-electron chi connectivity index (χ4n) is 4.73. The number of anilines is 2. The van der Waals surface area contributed by atoms with Crippen LogP contribution < -0.4 is 20.1 Å². The van der Waals surface area contributed by atoms with Crippen LogP contribution in [-0.2, 0) is 10.0 Å². The molecule has 0 amide bonds. The van der Waals surface area contributed by atoms with E-state index in [1.807, 2.05) is 10.8 Å². The van der Waals surface area contributed by atoms with Crippen LogP contribution in [-0.4, -0.2) is 54.4 Å². The van der Waals surface area contributed by atoms with Crippen LogP contribution in [0.25, 0.3) is 22.0 Å². The van der Waals surface area contributed by atoms with Gasteiger partial charge in [0.1, 0.15) is 17.3 Å². The maximum atomic E-state index is 15.7. The topological polar surface area (TPSA) is 118 Å². The number of nitrogens with one attached hydrogen (secondary N) is 3. The van der Waals surface area contributed by atoms with Crippen molar-refractivity contribution in [1.29, 1.82) is 0 Å². The number of hydrogen-bond acceptors (Lipinski definition) is 8. The molecule has 2 aromatic carbocycles. The van der Waals surface area contributed by atoms with Crippen LogP contribution in [0.3, 0.4) is 0 Å². The molecule has 42 heavy (non-hydrogen) atoms. The van der Waals surface area contributed by atoms with Crippen molar-refractivity contribution in [2.24, 2.45) is 0 Å². The summed E-state index contributed by atoms with van der Waals surface area (Å²) in [6, 6.07) is 10.0. The van der Waals surface area contributed by atoms with Gasteiger partial charge in [-0.15, -0.1) is 0 Å². The number of alkyl halides is 3. The minimum absolute atomic E-state index is 0.0591. The molecule has 1 aliphatic rings. The van der Waals surface area contributed by atoms with Gasteiger partial charge in [-0.05, 0) is 38.4 Å². The average molecular weight is 605 g/mol. The number of hydrogen-bond donors (Lipinski definition) is 3. The van der Waals surface area contributed by atoms with Crippen molar-refractivity contribution in [2.45, 2.75) is 38.4 Å². The molecule has 1 atom stereocenters. The normalized spacial score (nSPS) is 15.9. The van der Waals surface area contributed by atoms with Crippen molar-refractivity contribution < 1.29 is 30.7 Å². The Morgan fingerprint density at radius 1 is 1.07 bits per heavy atom. The summed E-state index contributed by atoms with van der Waals surface area (Å²) in [5.41, 5.74) is 0.487. The Morgan fingerprint density at radius 3 is 2.57 bits per heavy atom. The molecule has 1 unspecified atom stereocenters. The summed E-state index contributed by atoms with van der Waals surface area (Å²) < 4.78 is 86.8. The van der Waals surface area contributed by atoms with Gasteiger partial charge in [0.2, 0.25) is 15.9 Å². The van der Waals surface area contributed by atoms with Gasteiger partial charge in [-0.2, -0.15) is 13.2 Å². The first-order valence-corrected chi connectivity index (χ1v) is 14.9. The first-order chi connectivity index (χ1) is 20.0. The molecule has 0 saturated carbocycles. The number of ether oxygens (including phenoxy) is 1. The molecule has 9 nitrogen and oxygen atoms in total. The van der Waals surface area contributed by atoms with E-state index in [2.05, 4.69) is 25.6 Å². The molecule has 5 rings (SSSR count). The third-order valence-electron chi connectivity index (χ3n) is 6.79. The van der Waals surface area contributed by atoms with Gasteiger partial charge < -0.3 is 15.4 Å². The molecule has 4 aromatic rings. The number of halogens is 4. The van der Waals surface area contributed by atoms with Gasteiger partial charge in [-0.3, -0.25) is 4.72 Å². The van der Waals surface area contributed by atoms with Crippen molar-refractivity contribution in [1.82, 2.24) is 20.3 Å². The van der Waals surface area contributed by atoms with Crippen LogP contribution in [0.15, 0.2) is 55.0 Å². The summed E-state index contributed by atoms with van der Waals surface area (Å²) in [6.45, 7) is 3.18. The van der Waals surface area contributed by atoms with Crippen molar-refractivity contribution in [3.05, 3.63) is 66.4 Å². The second-order valence-corrected chi connectivity index (χ2v) is 11.7. The number of rotatable bonds is 9. The Hall–Kier alpha value is -4.04. The fraction of sp³-hybridized carbons (Fsp3) is 0.321. The molecule has 1 fully saturated rings. The zero-order valence-corrected chi connectivity index (χ0v) is 23.3. The van der Waals surface area contributed by atoms with E-state index in [1.165, 1.54) is 25.4 Å². The van der Waals surface area contributed by atoms with E-state index in [-0.39, 0.29) is 28.6 Å². The molecule has 1 aliphatic heterocycles. The molecular weight excluding hydrogens is 576 g/mol. The third kappa shape index (κ3) is 6.87. The first kappa shape index (κ1) is 29.5. The van der Waals surface area contributed by atoms with Crippen LogP contribution in [0.5, 0.6) is 11.6 Å². The summed E-state index contributed by atoms with van der Waals surface area (Å²) in [7, 11) is -4.52. The van der Waals surface area contributed by atoms with E-state index in [1.54, 1.807) is 30.5 Å². The van der Waals surface area contributed by atoms with Crippen LogP contribution in [0, 0.1) is 12.7 Å². The lowest BCUT2D eigenvalue weighted by Gasteiger charge is -2.24. The van der Waals surface area contributed by atoms with E-state index in [0.29, 0.717) is 22.5 Å². The number of fused-ring (bicyclic) bond motifs is 1. The summed E-state index contributed by atoms with van der Waals surface area (Å²) in [5, 5.41) is 7.18. The molecule has 0 radical (unpaired) electrons. The molecule has 0 aliphatic carbocycles. The van der Waals surface area contributed by atoms with Gasteiger partial charge in [0.05, 0.1) is 17.9 Å². The largest absolute Gasteiger partial charge is 0.436 e. The Balaban J connectivity index is 1.49. The quantitative estimate of drug-likeness (QED) is 0.206. The van der Waals surface area contributed by atoms with Crippen LogP contribution in [0.2, 0.25) is 0 Å². The predicted molar refractivity (Wildman–Crippen MR) is 152 cm³/mol. The molecule has 3 heterocycles. The van der Waals surface area contributed by atoms with Crippen molar-refractivity contribution >= 4 is 32.3 Å². The molecule has 3 N–H and O–H groups in total. The Kier molecular flexibility index (Phi) is 8.45. The van der Waals surface area contributed by atoms with Crippen LogP contribution >= 0.6 is 0 Å². The maximum Gasteiger partial charge on any atom is 0.390 e. The van der Waals surface area contributed by atoms with Crippen molar-refractivity contribution in [3.63, 3.8) is 0 Å². The van der Waals surface area contributed by atoms with Gasteiger partial charge >= 0.3 is 6.18 Å². The monoisotopic (exact) mass is 604 g/mol. The Bertz CT molecular complexity index is 1700. The Morgan fingerprint density at radius 2 is 1.83 bits per heavy atom. The van der Waals surface area contributed by atoms with E-state index in [4.69, 9.17) is 4.74 Å². The van der Waals surface area contributed by atoms with Gasteiger partial charge in [0.25, 0.3) is 0 Å². The minimum Gasteiger partial charge on any atom is -0.436 e. The molecule has 2 aromatic heterocycles. The number of pyridine rings is 1. The van der Waals surface area contributed by atoms with Crippen molar-refractivity contribution in [2.75, 3.05) is 28.9 Å². The number of piperidine rings is 1. The molecule has 222 valence electrons. The zero-order chi connectivity index (χ0) is 29.9. The van der Waals surface area contributed by atoms with Gasteiger partial charge in [-0.25, -0.2) is 27.8 Å². The highest BCUT2D eigenvalue weighted by molar-refractivity contribution is 7.92. The molecular formula is C28H28F4N6O3S. The third-order valence-corrected chi connectivity index (χ3v) is 8.04. The van der Waals surface area contributed by atoms with Gasteiger partial charge in [0, 0.05) is 53.1 Å². The highest BCUT2D eigenvalue weighted by Crippen LogP contribution is 2.42. The van der Waals surface area contributed by atoms with Gasteiger partial charge in [0.15, 0.2) is 5.82 Å². The fourth-order valence-corrected chi connectivity index (χ4v) is 5.84. The number of benzene rings is 2. The summed E-state index contributed by atoms with van der Waals surface area (Å²) in [4.78, 5) is 13.2. The lowest BCUT2D eigenvalue weighted by Crippen LogP contribution is -2.38. The highest BCUT2D eigenvalue weighted by Gasteiger charge is 2.31. The standard InChI is InChI=1S/C28H28F4N6O3S/c1-17-23(29)25(38-42(39,40)14-9-28(30,31)32)20-6-2-3-7-21(20)26(17)41-27-24(35-12-13-36-27)18-8-11-34-22(15-18)37-19-5-4-10-33-16-19/h2-3,6-8,11-13,15,19,33,38H,4-5,9-10,14,16H2,1H3,(H,34,37). The lowest BCUT2D eigenvalue weighted by atomic mass is 10.0. The van der Waals surface area contributed by atoms with Gasteiger partial charge in [-0.1, -0.05) is 24.3 Å². The number of sulfonamides is 1. The molecule has 0 spiro atoms. The van der Waals surface area contributed by atoms with E-state index in [9.17, 15) is 21.6 Å². The molecule has 1 saturated heterocycles. The van der Waals surface area contributed by atoms with E-state index in [0.717, 1.165) is 25.9 Å². The predicted octanol–water partition coefficient (Wildman–Crippen LogP) is 5.79. The number of nitrogens with zero attached hydrogens (tertiary/aromatic N) is 3. The van der Waals surface area contributed by atoms with Crippen LogP contribution in [0.1, 0.15) is 24.8 Å². The summed E-state index contributed by atoms with van der Waals surface area (Å²) in [6.07, 6.45) is 0.348. The SMILES string of the molecule is Cc1c(F)c(NS(=O)(=O)CCC(F)(F)F)c2ccccc2c1Oc1nccnc1-c1ccnc(NC2CCCNC2)c1. The first-order valence-electron chi connectivity index (χ1n) is 13.2. The highest BCUT2D eigenvalue weighted by atomic mass is 32.2. The maximum absolute atomic E-state index is 15.7. The Labute approximate surface area is 239 Å². The second-order valence-electron chi connectivity index (χ2n) is 9.90. The minimum atomic E-state index is -4.68. The molecule has 0 bridgehead atoms. The van der Waals surface area contributed by atoms with Crippen LogP contribution in [0.4, 0.5) is 29.1 Å². The lowest BCUT2D eigenvalue weighted by molar-refractivity contribution is -0.129. The van der Waals surface area contributed by atoms with E-state index >= 15 is 4.39 Å². The average Bonchev–Trinajstić information content (AvgIpc) is 2.97.